The van der Waals surface area contributed by atoms with E-state index in [0.717, 1.165) is 12.2 Å². The molecule has 1 aromatic rings. The average molecular weight is 306 g/mol. The van der Waals surface area contributed by atoms with Crippen LogP contribution in [0.15, 0.2) is 6.07 Å². The van der Waals surface area contributed by atoms with Crippen LogP contribution >= 0.6 is 35.0 Å². The molecule has 0 bridgehead atoms. The second-order valence-electron chi connectivity index (χ2n) is 4.46. The molecule has 1 saturated heterocycles. The van der Waals surface area contributed by atoms with Gasteiger partial charge in [-0.1, -0.05) is 23.2 Å². The van der Waals surface area contributed by atoms with Crippen LogP contribution in [0.2, 0.25) is 10.3 Å². The summed E-state index contributed by atoms with van der Waals surface area (Å²) in [6.45, 7) is 2.77. The summed E-state index contributed by atoms with van der Waals surface area (Å²) in [6.07, 6.45) is 2.31. The number of hydrogen-bond donors (Lipinski definition) is 1. The molecule has 98 valence electrons. The van der Waals surface area contributed by atoms with Gasteiger partial charge in [-0.05, 0) is 31.6 Å². The van der Waals surface area contributed by atoms with Crippen LogP contribution < -0.4 is 5.32 Å². The van der Waals surface area contributed by atoms with Crippen LogP contribution in [-0.2, 0) is 0 Å². The Balaban J connectivity index is 2.01. The Morgan fingerprint density at radius 1 is 1.56 bits per heavy atom. The lowest BCUT2D eigenvalue weighted by atomic mass is 10.1. The maximum absolute atomic E-state index is 12.0. The SMILES string of the molecule is CC1(CNC(=O)c2cc(Cl)nnc2Cl)CCCS1. The van der Waals surface area contributed by atoms with E-state index in [2.05, 4.69) is 22.4 Å². The van der Waals surface area contributed by atoms with E-state index in [1.165, 1.54) is 12.5 Å². The molecule has 1 aliphatic rings. The van der Waals surface area contributed by atoms with Crippen molar-refractivity contribution >= 4 is 40.9 Å². The maximum Gasteiger partial charge on any atom is 0.254 e. The first kappa shape index (κ1) is 13.9. The van der Waals surface area contributed by atoms with Crippen molar-refractivity contribution in [3.05, 3.63) is 21.9 Å². The fraction of sp³-hybridized carbons (Fsp3) is 0.545. The fourth-order valence-electron chi connectivity index (χ4n) is 1.85. The number of thioether (sulfide) groups is 1. The maximum atomic E-state index is 12.0. The third kappa shape index (κ3) is 3.28. The number of nitrogens with zero attached hydrogens (tertiary/aromatic N) is 2. The largest absolute Gasteiger partial charge is 0.351 e. The molecule has 0 aliphatic carbocycles. The Kier molecular flexibility index (Phi) is 4.35. The fourth-order valence-corrected chi connectivity index (χ4v) is 3.42. The minimum absolute atomic E-state index is 0.0705. The third-order valence-corrected chi connectivity index (χ3v) is 4.89. The van der Waals surface area contributed by atoms with Crippen molar-refractivity contribution in [2.24, 2.45) is 0 Å². The molecule has 4 nitrogen and oxygen atoms in total. The zero-order valence-electron chi connectivity index (χ0n) is 9.87. The number of aromatic nitrogens is 2. The van der Waals surface area contributed by atoms with E-state index in [-0.39, 0.29) is 26.5 Å². The second-order valence-corrected chi connectivity index (χ2v) is 6.88. The summed E-state index contributed by atoms with van der Waals surface area (Å²) in [7, 11) is 0. The first-order valence-electron chi connectivity index (χ1n) is 5.61. The highest BCUT2D eigenvalue weighted by Gasteiger charge is 2.30. The van der Waals surface area contributed by atoms with Crippen LogP contribution in [0.3, 0.4) is 0 Å². The Labute approximate surface area is 120 Å². The first-order chi connectivity index (χ1) is 8.50. The number of carbonyl (C=O) groups is 1. The minimum atomic E-state index is -0.259. The van der Waals surface area contributed by atoms with Crippen molar-refractivity contribution in [1.29, 1.82) is 0 Å². The second kappa shape index (κ2) is 5.63. The van der Waals surface area contributed by atoms with Crippen molar-refractivity contribution < 1.29 is 4.79 Å². The van der Waals surface area contributed by atoms with Gasteiger partial charge < -0.3 is 5.32 Å². The highest BCUT2D eigenvalue weighted by Crippen LogP contribution is 2.37. The van der Waals surface area contributed by atoms with Crippen molar-refractivity contribution in [2.75, 3.05) is 12.3 Å². The highest BCUT2D eigenvalue weighted by atomic mass is 35.5. The smallest absolute Gasteiger partial charge is 0.254 e. The van der Waals surface area contributed by atoms with Crippen LogP contribution in [0.5, 0.6) is 0 Å². The molecule has 0 saturated carbocycles. The molecule has 1 N–H and O–H groups in total. The van der Waals surface area contributed by atoms with E-state index in [1.54, 1.807) is 0 Å². The molecule has 1 unspecified atom stereocenters. The first-order valence-corrected chi connectivity index (χ1v) is 7.35. The summed E-state index contributed by atoms with van der Waals surface area (Å²) < 4.78 is 0.117. The summed E-state index contributed by atoms with van der Waals surface area (Å²) in [5, 5.41) is 10.3. The zero-order chi connectivity index (χ0) is 13.2. The predicted octanol–water partition coefficient (Wildman–Crippen LogP) is 2.80. The normalized spacial score (nSPS) is 23.1. The Morgan fingerprint density at radius 2 is 2.33 bits per heavy atom. The quantitative estimate of drug-likeness (QED) is 0.933. The van der Waals surface area contributed by atoms with E-state index >= 15 is 0 Å². The standard InChI is InChI=1S/C11H13Cl2N3OS/c1-11(3-2-4-18-11)6-14-10(17)7-5-8(12)15-16-9(7)13/h5H,2-4,6H2,1H3,(H,14,17). The van der Waals surface area contributed by atoms with Crippen LogP contribution in [0.25, 0.3) is 0 Å². The van der Waals surface area contributed by atoms with Gasteiger partial charge in [0.15, 0.2) is 10.3 Å². The van der Waals surface area contributed by atoms with Crippen molar-refractivity contribution in [1.82, 2.24) is 15.5 Å². The molecule has 7 heteroatoms. The minimum Gasteiger partial charge on any atom is -0.351 e. The van der Waals surface area contributed by atoms with Gasteiger partial charge in [-0.3, -0.25) is 4.79 Å². The number of nitrogens with one attached hydrogen (secondary N) is 1. The number of halogens is 2. The van der Waals surface area contributed by atoms with Gasteiger partial charge >= 0.3 is 0 Å². The van der Waals surface area contributed by atoms with Crippen molar-refractivity contribution in [3.8, 4) is 0 Å². The van der Waals surface area contributed by atoms with Gasteiger partial charge in [-0.2, -0.15) is 11.8 Å². The van der Waals surface area contributed by atoms with E-state index < -0.39 is 0 Å². The molecule has 1 fully saturated rings. The van der Waals surface area contributed by atoms with E-state index in [4.69, 9.17) is 23.2 Å². The number of amides is 1. The predicted molar refractivity (Wildman–Crippen MR) is 74.5 cm³/mol. The van der Waals surface area contributed by atoms with Crippen LogP contribution in [0.1, 0.15) is 30.1 Å². The lowest BCUT2D eigenvalue weighted by molar-refractivity contribution is 0.0949. The van der Waals surface area contributed by atoms with Gasteiger partial charge in [-0.15, -0.1) is 10.2 Å². The number of hydrogen-bond acceptors (Lipinski definition) is 4. The molecular formula is C11H13Cl2N3OS. The molecule has 1 aromatic heterocycles. The van der Waals surface area contributed by atoms with Gasteiger partial charge in [0.2, 0.25) is 0 Å². The van der Waals surface area contributed by atoms with E-state index in [0.29, 0.717) is 6.54 Å². The topological polar surface area (TPSA) is 54.9 Å². The van der Waals surface area contributed by atoms with Crippen molar-refractivity contribution in [3.63, 3.8) is 0 Å². The molecule has 18 heavy (non-hydrogen) atoms. The van der Waals surface area contributed by atoms with Gasteiger partial charge in [0.1, 0.15) is 0 Å². The average Bonchev–Trinajstić information content (AvgIpc) is 2.77. The van der Waals surface area contributed by atoms with Crippen LogP contribution in [-0.4, -0.2) is 33.1 Å². The number of carbonyl (C=O) groups excluding carboxylic acids is 1. The molecule has 2 rings (SSSR count). The monoisotopic (exact) mass is 305 g/mol. The van der Waals surface area contributed by atoms with Crippen molar-refractivity contribution in [2.45, 2.75) is 24.5 Å². The molecule has 2 heterocycles. The zero-order valence-corrected chi connectivity index (χ0v) is 12.2. The molecule has 0 aromatic carbocycles. The summed E-state index contributed by atoms with van der Waals surface area (Å²) >= 11 is 13.4. The lowest BCUT2D eigenvalue weighted by Crippen LogP contribution is -2.36. The lowest BCUT2D eigenvalue weighted by Gasteiger charge is -2.22. The summed E-state index contributed by atoms with van der Waals surface area (Å²) in [5.41, 5.74) is 0.267. The molecule has 0 radical (unpaired) electrons. The Morgan fingerprint density at radius 3 is 3.00 bits per heavy atom. The van der Waals surface area contributed by atoms with Crippen LogP contribution in [0, 0.1) is 0 Å². The van der Waals surface area contributed by atoms with Gasteiger partial charge in [0, 0.05) is 11.3 Å². The highest BCUT2D eigenvalue weighted by molar-refractivity contribution is 8.00. The summed E-state index contributed by atoms with van der Waals surface area (Å²) in [4.78, 5) is 12.0. The Bertz CT molecular complexity index is 464. The van der Waals surface area contributed by atoms with E-state index in [1.807, 2.05) is 11.8 Å². The van der Waals surface area contributed by atoms with E-state index in [9.17, 15) is 4.79 Å². The molecule has 0 spiro atoms. The number of rotatable bonds is 3. The molecule has 1 aliphatic heterocycles. The summed E-state index contributed by atoms with van der Waals surface area (Å²) in [5.74, 6) is 0.890. The van der Waals surface area contributed by atoms with Crippen LogP contribution in [0.4, 0.5) is 0 Å². The molecular weight excluding hydrogens is 293 g/mol. The van der Waals surface area contributed by atoms with Gasteiger partial charge in [-0.25, -0.2) is 0 Å². The van der Waals surface area contributed by atoms with Gasteiger partial charge in [0.05, 0.1) is 5.56 Å². The molecule has 1 atom stereocenters. The summed E-state index contributed by atoms with van der Waals surface area (Å²) in [6, 6.07) is 1.43. The Hall–Kier alpha value is -0.520. The molecule has 1 amide bonds. The van der Waals surface area contributed by atoms with Gasteiger partial charge in [0.25, 0.3) is 5.91 Å². The third-order valence-electron chi connectivity index (χ3n) is 2.89.